The zero-order valence-electron chi connectivity index (χ0n) is 12.5. The van der Waals surface area contributed by atoms with Crippen LogP contribution in [-0.4, -0.2) is 33.1 Å². The minimum atomic E-state index is -0.416. The van der Waals surface area contributed by atoms with E-state index in [1.165, 1.54) is 16.0 Å². The molecule has 0 atom stereocenters. The lowest BCUT2D eigenvalue weighted by Crippen LogP contribution is -2.10. The molecule has 0 aliphatic heterocycles. The highest BCUT2D eigenvalue weighted by Gasteiger charge is 2.17. The van der Waals surface area contributed by atoms with E-state index in [1.807, 2.05) is 13.8 Å². The van der Waals surface area contributed by atoms with Crippen molar-refractivity contribution in [2.45, 2.75) is 33.0 Å². The summed E-state index contributed by atoms with van der Waals surface area (Å²) < 4.78 is 11.7. The van der Waals surface area contributed by atoms with Gasteiger partial charge in [0.2, 0.25) is 0 Å². The van der Waals surface area contributed by atoms with Crippen LogP contribution in [0.3, 0.4) is 0 Å². The van der Waals surface area contributed by atoms with E-state index in [0.29, 0.717) is 17.3 Å². The van der Waals surface area contributed by atoms with Gasteiger partial charge in [0.1, 0.15) is 17.3 Å². The average Bonchev–Trinajstić information content (AvgIpc) is 3.03. The van der Waals surface area contributed by atoms with Crippen LogP contribution < -0.4 is 0 Å². The molecule has 0 saturated heterocycles. The normalized spacial score (nSPS) is 11.1. The summed E-state index contributed by atoms with van der Waals surface area (Å²) >= 11 is 1.36. The third-order valence-corrected chi connectivity index (χ3v) is 3.67. The predicted molar refractivity (Wildman–Crippen MR) is 77.0 cm³/mol. The number of carbonyl (C=O) groups excluding carboxylic acids is 1. The molecule has 0 aliphatic rings. The fourth-order valence-electron chi connectivity index (χ4n) is 1.69. The predicted octanol–water partition coefficient (Wildman–Crippen LogP) is 1.90. The van der Waals surface area contributed by atoms with Crippen molar-refractivity contribution in [3.63, 3.8) is 0 Å². The van der Waals surface area contributed by atoms with E-state index in [1.54, 1.807) is 20.2 Å². The largest absolute Gasteiger partial charge is 0.453 e. The molecular weight excluding hydrogens is 292 g/mol. The van der Waals surface area contributed by atoms with Crippen LogP contribution in [0.5, 0.6) is 0 Å². The van der Waals surface area contributed by atoms with E-state index in [4.69, 9.17) is 9.47 Å². The number of aromatic nitrogens is 4. The second-order valence-electron chi connectivity index (χ2n) is 4.83. The maximum atomic E-state index is 12.1. The van der Waals surface area contributed by atoms with Crippen LogP contribution in [0.25, 0.3) is 0 Å². The third kappa shape index (κ3) is 3.85. The monoisotopic (exact) mass is 310 g/mol. The molecule has 2 heterocycles. The van der Waals surface area contributed by atoms with Crippen molar-refractivity contribution in [2.75, 3.05) is 7.11 Å². The van der Waals surface area contributed by atoms with Crippen molar-refractivity contribution in [1.29, 1.82) is 0 Å². The molecule has 0 radical (unpaired) electrons. The Morgan fingerprint density at radius 2 is 2.00 bits per heavy atom. The molecule has 0 N–H and O–H groups in total. The molecule has 114 valence electrons. The molecule has 0 amide bonds. The van der Waals surface area contributed by atoms with Gasteiger partial charge >= 0.3 is 5.97 Å². The molecule has 8 heteroatoms. The number of hydrogen-bond acceptors (Lipinski definition) is 7. The number of ether oxygens (including phenoxy) is 2. The Balaban J connectivity index is 1.97. The fraction of sp³-hybridized carbons (Fsp3) is 0.538. The second-order valence-corrected chi connectivity index (χ2v) is 5.98. The van der Waals surface area contributed by atoms with Gasteiger partial charge in [0.15, 0.2) is 5.01 Å². The molecule has 2 aromatic heterocycles. The summed E-state index contributed by atoms with van der Waals surface area (Å²) in [5, 5.41) is 13.6. The Hall–Kier alpha value is -1.80. The third-order valence-electron chi connectivity index (χ3n) is 2.80. The van der Waals surface area contributed by atoms with Crippen molar-refractivity contribution in [3.8, 4) is 0 Å². The van der Waals surface area contributed by atoms with Gasteiger partial charge in [0.05, 0.1) is 12.3 Å². The first-order chi connectivity index (χ1) is 10.0. The molecule has 0 bridgehead atoms. The average molecular weight is 310 g/mol. The van der Waals surface area contributed by atoms with Gasteiger partial charge in [-0.05, 0) is 12.0 Å². The Morgan fingerprint density at radius 3 is 2.57 bits per heavy atom. The highest BCUT2D eigenvalue weighted by molar-refractivity contribution is 7.11. The number of carbonyl (C=O) groups is 1. The summed E-state index contributed by atoms with van der Waals surface area (Å²) in [6, 6.07) is 1.75. The van der Waals surface area contributed by atoms with Crippen molar-refractivity contribution in [1.82, 2.24) is 20.0 Å². The maximum Gasteiger partial charge on any atom is 0.357 e. The molecule has 0 spiro atoms. The maximum absolute atomic E-state index is 12.1. The van der Waals surface area contributed by atoms with E-state index in [-0.39, 0.29) is 12.5 Å². The number of aryl methyl sites for hydroxylation is 1. The number of rotatable bonds is 6. The smallest absolute Gasteiger partial charge is 0.357 e. The van der Waals surface area contributed by atoms with E-state index in [0.717, 1.165) is 10.7 Å². The number of hydrogen-bond donors (Lipinski definition) is 0. The minimum absolute atomic E-state index is 0.0996. The molecule has 7 nitrogen and oxygen atoms in total. The molecule has 0 fully saturated rings. The second kappa shape index (κ2) is 6.77. The standard InChI is InChI=1S/C13H18N4O3S/c1-8(2)9-5-10(17(3)16-9)13(18)20-7-12-15-14-11(21-12)6-19-4/h5,8H,6-7H2,1-4H3. The number of methoxy groups -OCH3 is 1. The SMILES string of the molecule is COCc1nnc(COC(=O)c2cc(C(C)C)nn2C)s1. The van der Waals surface area contributed by atoms with Crippen LogP contribution in [-0.2, 0) is 29.7 Å². The van der Waals surface area contributed by atoms with Gasteiger partial charge in [-0.15, -0.1) is 10.2 Å². The van der Waals surface area contributed by atoms with Crippen LogP contribution in [0.2, 0.25) is 0 Å². The highest BCUT2D eigenvalue weighted by atomic mass is 32.1. The first kappa shape index (κ1) is 15.6. The zero-order chi connectivity index (χ0) is 15.4. The topological polar surface area (TPSA) is 79.1 Å². The summed E-state index contributed by atoms with van der Waals surface area (Å²) in [5.74, 6) is -0.155. The van der Waals surface area contributed by atoms with Crippen molar-refractivity contribution in [3.05, 3.63) is 27.5 Å². The lowest BCUT2D eigenvalue weighted by Gasteiger charge is -2.01. The van der Waals surface area contributed by atoms with Crippen LogP contribution >= 0.6 is 11.3 Å². The molecule has 0 aromatic carbocycles. The number of nitrogens with zero attached hydrogens (tertiary/aromatic N) is 4. The summed E-state index contributed by atoms with van der Waals surface area (Å²) in [4.78, 5) is 12.1. The Labute approximate surface area is 126 Å². The van der Waals surface area contributed by atoms with E-state index in [9.17, 15) is 4.79 Å². The van der Waals surface area contributed by atoms with Gasteiger partial charge in [-0.3, -0.25) is 4.68 Å². The van der Waals surface area contributed by atoms with Gasteiger partial charge in [-0.1, -0.05) is 25.2 Å². The van der Waals surface area contributed by atoms with E-state index >= 15 is 0 Å². The minimum Gasteiger partial charge on any atom is -0.453 e. The molecular formula is C13H18N4O3S. The summed E-state index contributed by atoms with van der Waals surface area (Å²) in [6.45, 7) is 4.56. The first-order valence-electron chi connectivity index (χ1n) is 6.52. The molecule has 0 saturated carbocycles. The Bertz CT molecular complexity index is 621. The van der Waals surface area contributed by atoms with Crippen molar-refractivity contribution < 1.29 is 14.3 Å². The van der Waals surface area contributed by atoms with Crippen LogP contribution in [0.1, 0.15) is 46.0 Å². The Kier molecular flexibility index (Phi) is 5.03. The first-order valence-corrected chi connectivity index (χ1v) is 7.34. The van der Waals surface area contributed by atoms with Gasteiger partial charge in [-0.2, -0.15) is 5.10 Å². The van der Waals surface area contributed by atoms with Crippen LogP contribution in [0.15, 0.2) is 6.07 Å². The van der Waals surface area contributed by atoms with E-state index in [2.05, 4.69) is 15.3 Å². The summed E-state index contributed by atoms with van der Waals surface area (Å²) in [6.07, 6.45) is 0. The molecule has 2 rings (SSSR count). The van der Waals surface area contributed by atoms with E-state index < -0.39 is 5.97 Å². The fourth-order valence-corrected chi connectivity index (χ4v) is 2.42. The lowest BCUT2D eigenvalue weighted by atomic mass is 10.1. The van der Waals surface area contributed by atoms with Gasteiger partial charge in [0, 0.05) is 14.2 Å². The highest BCUT2D eigenvalue weighted by Crippen LogP contribution is 2.16. The molecule has 2 aromatic rings. The zero-order valence-corrected chi connectivity index (χ0v) is 13.3. The quantitative estimate of drug-likeness (QED) is 0.758. The van der Waals surface area contributed by atoms with Crippen molar-refractivity contribution >= 4 is 17.3 Å². The molecule has 21 heavy (non-hydrogen) atoms. The van der Waals surface area contributed by atoms with Crippen molar-refractivity contribution in [2.24, 2.45) is 7.05 Å². The number of esters is 1. The van der Waals surface area contributed by atoms with Gasteiger partial charge in [-0.25, -0.2) is 4.79 Å². The lowest BCUT2D eigenvalue weighted by molar-refractivity contribution is 0.0459. The Morgan fingerprint density at radius 1 is 1.33 bits per heavy atom. The summed E-state index contributed by atoms with van der Waals surface area (Å²) in [7, 11) is 3.32. The van der Waals surface area contributed by atoms with Crippen LogP contribution in [0.4, 0.5) is 0 Å². The molecule has 0 aliphatic carbocycles. The van der Waals surface area contributed by atoms with Crippen LogP contribution in [0, 0.1) is 0 Å². The molecule has 0 unspecified atom stereocenters. The van der Waals surface area contributed by atoms with Gasteiger partial charge < -0.3 is 9.47 Å². The summed E-state index contributed by atoms with van der Waals surface area (Å²) in [5.41, 5.74) is 1.29. The van der Waals surface area contributed by atoms with Gasteiger partial charge in [0.25, 0.3) is 0 Å².